The molecule has 5 nitrogen and oxygen atoms in total. The van der Waals surface area contributed by atoms with Crippen LogP contribution in [0.15, 0.2) is 48.5 Å². The smallest absolute Gasteiger partial charge is 0.270 e. The lowest BCUT2D eigenvalue weighted by Gasteiger charge is -2.08. The quantitative estimate of drug-likeness (QED) is 0.489. The van der Waals surface area contributed by atoms with Crippen LogP contribution in [-0.2, 0) is 0 Å². The molecule has 1 atom stereocenters. The number of Topliss-reactive ketones (excluding diaryl/α,β-unsaturated/α-hetero) is 1. The number of ketones is 1. The summed E-state index contributed by atoms with van der Waals surface area (Å²) in [6, 6.07) is 13.6. The maximum absolute atomic E-state index is 12.4. The van der Waals surface area contributed by atoms with Crippen molar-refractivity contribution in [2.24, 2.45) is 0 Å². The minimum absolute atomic E-state index is 0.130. The fraction of sp³-hybridized carbons (Fsp3) is 0.0667. The van der Waals surface area contributed by atoms with Gasteiger partial charge in [0.05, 0.1) is 11.0 Å². The van der Waals surface area contributed by atoms with E-state index in [0.29, 0.717) is 10.6 Å². The lowest BCUT2D eigenvalue weighted by molar-refractivity contribution is -0.384. The van der Waals surface area contributed by atoms with E-state index in [1.54, 1.807) is 24.3 Å². The number of non-ortho nitro benzene ring substituents is 1. The molecule has 0 radical (unpaired) electrons. The van der Waals surface area contributed by atoms with Crippen molar-refractivity contribution in [1.82, 2.24) is 0 Å². The van der Waals surface area contributed by atoms with Gasteiger partial charge in [0.15, 0.2) is 5.78 Å². The molecule has 2 aromatic rings. The first kappa shape index (κ1) is 14.7. The second-order valence-electron chi connectivity index (χ2n) is 4.29. The Labute approximate surface area is 125 Å². The Balaban J connectivity index is 2.37. The highest BCUT2D eigenvalue weighted by Gasteiger charge is 2.23. The van der Waals surface area contributed by atoms with E-state index in [-0.39, 0.29) is 11.3 Å². The van der Waals surface area contributed by atoms with Crippen LogP contribution in [0.5, 0.6) is 0 Å². The average molecular weight is 301 g/mol. The summed E-state index contributed by atoms with van der Waals surface area (Å²) in [4.78, 5) is 22.5. The van der Waals surface area contributed by atoms with Crippen molar-refractivity contribution in [2.45, 2.75) is 5.92 Å². The standard InChI is InChI=1S/C15H9ClN2O3/c16-12-6-4-10(5-7-12)14(9-17)15(19)11-2-1-3-13(8-11)18(20)21/h1-8,14H. The molecule has 0 amide bonds. The highest BCUT2D eigenvalue weighted by Crippen LogP contribution is 2.24. The van der Waals surface area contributed by atoms with Gasteiger partial charge in [-0.25, -0.2) is 0 Å². The van der Waals surface area contributed by atoms with Crippen LogP contribution in [0.4, 0.5) is 5.69 Å². The number of rotatable bonds is 4. The molecule has 21 heavy (non-hydrogen) atoms. The van der Waals surface area contributed by atoms with E-state index in [0.717, 1.165) is 0 Å². The van der Waals surface area contributed by atoms with Gasteiger partial charge in [-0.2, -0.15) is 5.26 Å². The van der Waals surface area contributed by atoms with Gasteiger partial charge < -0.3 is 0 Å². The SMILES string of the molecule is N#CC(C(=O)c1cccc([N+](=O)[O-])c1)c1ccc(Cl)cc1. The molecular formula is C15H9ClN2O3. The van der Waals surface area contributed by atoms with Crippen molar-refractivity contribution in [1.29, 1.82) is 5.26 Å². The Morgan fingerprint density at radius 1 is 1.24 bits per heavy atom. The zero-order chi connectivity index (χ0) is 15.4. The van der Waals surface area contributed by atoms with Crippen LogP contribution < -0.4 is 0 Å². The van der Waals surface area contributed by atoms with Gasteiger partial charge in [-0.3, -0.25) is 14.9 Å². The number of nitriles is 1. The Bertz CT molecular complexity index is 735. The Kier molecular flexibility index (Phi) is 4.31. The molecular weight excluding hydrogens is 292 g/mol. The lowest BCUT2D eigenvalue weighted by atomic mass is 9.92. The van der Waals surface area contributed by atoms with Crippen molar-refractivity contribution in [3.05, 3.63) is 74.8 Å². The molecule has 0 saturated carbocycles. The number of hydrogen-bond acceptors (Lipinski definition) is 4. The number of halogens is 1. The van der Waals surface area contributed by atoms with E-state index >= 15 is 0 Å². The summed E-state index contributed by atoms with van der Waals surface area (Å²) in [5.74, 6) is -1.51. The Hall–Kier alpha value is -2.71. The van der Waals surface area contributed by atoms with E-state index < -0.39 is 16.6 Å². The highest BCUT2D eigenvalue weighted by molar-refractivity contribution is 6.30. The first-order valence-electron chi connectivity index (χ1n) is 5.96. The van der Waals surface area contributed by atoms with Gasteiger partial charge in [0.25, 0.3) is 5.69 Å². The van der Waals surface area contributed by atoms with Crippen molar-refractivity contribution < 1.29 is 9.72 Å². The predicted octanol–water partition coefficient (Wildman–Crippen LogP) is 3.74. The maximum Gasteiger partial charge on any atom is 0.270 e. The molecule has 0 saturated heterocycles. The molecule has 2 rings (SSSR count). The normalized spacial score (nSPS) is 11.4. The molecule has 0 N–H and O–H groups in total. The molecule has 0 aliphatic heterocycles. The highest BCUT2D eigenvalue weighted by atomic mass is 35.5. The molecule has 0 aliphatic rings. The molecule has 1 unspecified atom stereocenters. The molecule has 0 spiro atoms. The lowest BCUT2D eigenvalue weighted by Crippen LogP contribution is -2.11. The fourth-order valence-corrected chi connectivity index (χ4v) is 2.01. The summed E-state index contributed by atoms with van der Waals surface area (Å²) in [5.41, 5.74) is 0.442. The minimum atomic E-state index is -1.02. The van der Waals surface area contributed by atoms with E-state index in [1.807, 2.05) is 6.07 Å². The van der Waals surface area contributed by atoms with Crippen LogP contribution >= 0.6 is 11.6 Å². The molecule has 0 aromatic heterocycles. The number of nitro groups is 1. The summed E-state index contributed by atoms with van der Waals surface area (Å²) in [6.07, 6.45) is 0. The third-order valence-corrected chi connectivity index (χ3v) is 3.19. The topological polar surface area (TPSA) is 84.0 Å². The first-order chi connectivity index (χ1) is 10.0. The number of carbonyl (C=O) groups excluding carboxylic acids is 1. The van der Waals surface area contributed by atoms with Crippen LogP contribution in [0, 0.1) is 21.4 Å². The number of benzene rings is 2. The maximum atomic E-state index is 12.4. The van der Waals surface area contributed by atoms with Gasteiger partial charge in [-0.05, 0) is 17.7 Å². The first-order valence-corrected chi connectivity index (χ1v) is 6.34. The second kappa shape index (κ2) is 6.16. The molecule has 6 heteroatoms. The second-order valence-corrected chi connectivity index (χ2v) is 4.72. The van der Waals surface area contributed by atoms with Gasteiger partial charge in [0, 0.05) is 22.7 Å². The predicted molar refractivity (Wildman–Crippen MR) is 77.2 cm³/mol. The summed E-state index contributed by atoms with van der Waals surface area (Å²) in [7, 11) is 0. The zero-order valence-electron chi connectivity index (χ0n) is 10.7. The fourth-order valence-electron chi connectivity index (χ4n) is 1.88. The Morgan fingerprint density at radius 3 is 2.48 bits per heavy atom. The molecule has 0 aliphatic carbocycles. The van der Waals surface area contributed by atoms with Crippen LogP contribution in [0.3, 0.4) is 0 Å². The largest absolute Gasteiger partial charge is 0.292 e. The van der Waals surface area contributed by atoms with Crippen molar-refractivity contribution in [2.75, 3.05) is 0 Å². The number of nitrogens with zero attached hydrogens (tertiary/aromatic N) is 2. The van der Waals surface area contributed by atoms with Gasteiger partial charge in [0.2, 0.25) is 0 Å². The average Bonchev–Trinajstić information content (AvgIpc) is 2.50. The van der Waals surface area contributed by atoms with E-state index in [4.69, 9.17) is 11.6 Å². The number of nitro benzene ring substituents is 1. The van der Waals surface area contributed by atoms with E-state index in [1.165, 1.54) is 24.3 Å². The Morgan fingerprint density at radius 2 is 1.90 bits per heavy atom. The molecule has 0 bridgehead atoms. The van der Waals surface area contributed by atoms with Crippen LogP contribution in [0.25, 0.3) is 0 Å². The van der Waals surface area contributed by atoms with Crippen molar-refractivity contribution >= 4 is 23.1 Å². The number of hydrogen-bond donors (Lipinski definition) is 0. The van der Waals surface area contributed by atoms with Gasteiger partial charge >= 0.3 is 0 Å². The summed E-state index contributed by atoms with van der Waals surface area (Å²) < 4.78 is 0. The summed E-state index contributed by atoms with van der Waals surface area (Å²) >= 11 is 5.77. The third-order valence-electron chi connectivity index (χ3n) is 2.94. The van der Waals surface area contributed by atoms with Crippen molar-refractivity contribution in [3.8, 4) is 6.07 Å². The van der Waals surface area contributed by atoms with Crippen LogP contribution in [-0.4, -0.2) is 10.7 Å². The molecule has 104 valence electrons. The van der Waals surface area contributed by atoms with Gasteiger partial charge in [0.1, 0.15) is 5.92 Å². The minimum Gasteiger partial charge on any atom is -0.292 e. The van der Waals surface area contributed by atoms with Crippen molar-refractivity contribution in [3.63, 3.8) is 0 Å². The number of carbonyl (C=O) groups is 1. The van der Waals surface area contributed by atoms with E-state index in [9.17, 15) is 20.2 Å². The van der Waals surface area contributed by atoms with Gasteiger partial charge in [-0.1, -0.05) is 35.9 Å². The molecule has 0 heterocycles. The summed E-state index contributed by atoms with van der Waals surface area (Å²) in [6.45, 7) is 0. The zero-order valence-corrected chi connectivity index (χ0v) is 11.4. The van der Waals surface area contributed by atoms with E-state index in [2.05, 4.69) is 0 Å². The van der Waals surface area contributed by atoms with Gasteiger partial charge in [-0.15, -0.1) is 0 Å². The third kappa shape index (κ3) is 3.25. The monoisotopic (exact) mass is 300 g/mol. The molecule has 0 fully saturated rings. The summed E-state index contributed by atoms with van der Waals surface area (Å²) in [5, 5.41) is 20.5. The van der Waals surface area contributed by atoms with Crippen LogP contribution in [0.1, 0.15) is 21.8 Å². The van der Waals surface area contributed by atoms with Crippen LogP contribution in [0.2, 0.25) is 5.02 Å². The molecule has 2 aromatic carbocycles.